The fourth-order valence-electron chi connectivity index (χ4n) is 17.6. The molecule has 632 valence electrons. The molecule has 2 N–H and O–H groups in total. The molecule has 13 aromatic rings. The van der Waals surface area contributed by atoms with Crippen LogP contribution >= 0.6 is 22.7 Å². The van der Waals surface area contributed by atoms with Crippen LogP contribution in [0.25, 0.3) is 53.0 Å². The van der Waals surface area contributed by atoms with Crippen LogP contribution < -0.4 is 5.32 Å². The largest absolute Gasteiger partial charge is 0.359 e. The minimum Gasteiger partial charge on any atom is -0.359 e. The Hall–Kier alpha value is -8.82. The first-order valence-electron chi connectivity index (χ1n) is 45.1. The lowest BCUT2D eigenvalue weighted by Crippen LogP contribution is -2.11. The van der Waals surface area contributed by atoms with Crippen molar-refractivity contribution in [1.29, 1.82) is 0 Å². The van der Waals surface area contributed by atoms with Crippen LogP contribution in [0.4, 0.5) is 5.69 Å². The average molecular weight is 1630 g/mol. The van der Waals surface area contributed by atoms with E-state index in [-0.39, 0.29) is 0 Å². The van der Waals surface area contributed by atoms with E-state index in [1.165, 1.54) is 146 Å². The summed E-state index contributed by atoms with van der Waals surface area (Å²) >= 11 is 3.49. The number of hydrogen-bond donors (Lipinski definition) is 2. The molecule has 3 aliphatic rings. The molecule has 0 spiro atoms. The second-order valence-corrected chi connectivity index (χ2v) is 39.4. The summed E-state index contributed by atoms with van der Waals surface area (Å²) in [5, 5.41) is 9.13. The number of thiazole rings is 2. The maximum atomic E-state index is 12.0. The van der Waals surface area contributed by atoms with Gasteiger partial charge in [-0.2, -0.15) is 0 Å². The number of H-pyrrole nitrogens is 1. The van der Waals surface area contributed by atoms with Gasteiger partial charge in [0.15, 0.2) is 5.78 Å². The smallest absolute Gasteiger partial charge is 0.163 e. The lowest BCUT2D eigenvalue weighted by Gasteiger charge is -2.25. The van der Waals surface area contributed by atoms with E-state index in [0.717, 1.165) is 40.7 Å². The van der Waals surface area contributed by atoms with Gasteiger partial charge in [-0.25, -0.2) is 15.0 Å². The van der Waals surface area contributed by atoms with E-state index in [1.807, 2.05) is 17.1 Å². The Morgan fingerprint density at radius 1 is 0.303 bits per heavy atom. The highest BCUT2D eigenvalue weighted by Gasteiger charge is 2.28. The van der Waals surface area contributed by atoms with Crippen LogP contribution in [-0.2, 0) is 25.7 Å². The van der Waals surface area contributed by atoms with Crippen LogP contribution in [0.3, 0.4) is 0 Å². The molecule has 6 nitrogen and oxygen atoms in total. The van der Waals surface area contributed by atoms with Crippen molar-refractivity contribution in [1.82, 2.24) is 19.9 Å². The predicted molar refractivity (Wildman–Crippen MR) is 526 cm³/mol. The van der Waals surface area contributed by atoms with Gasteiger partial charge in [0.1, 0.15) is 0 Å². The predicted octanol–water partition coefficient (Wildman–Crippen LogP) is 34.1. The van der Waals surface area contributed by atoms with Gasteiger partial charge in [-0.15, -0.1) is 22.7 Å². The van der Waals surface area contributed by atoms with E-state index in [1.54, 1.807) is 51.3 Å². The van der Waals surface area contributed by atoms with Crippen LogP contribution in [0.1, 0.15) is 406 Å². The summed E-state index contributed by atoms with van der Waals surface area (Å²) < 4.78 is 2.71. The number of carbonyl (C=O) groups is 1. The summed E-state index contributed by atoms with van der Waals surface area (Å²) in [6.45, 7) is 66.9. The normalized spacial score (nSPS) is 13.0. The molecule has 0 radical (unpaired) electrons. The lowest BCUT2D eigenvalue weighted by atomic mass is 9.80. The first-order valence-corrected chi connectivity index (χ1v) is 46.9. The summed E-state index contributed by atoms with van der Waals surface area (Å²) in [5.74, 6) is 8.42. The zero-order valence-corrected chi connectivity index (χ0v) is 79.7. The van der Waals surface area contributed by atoms with E-state index < -0.39 is 0 Å². The summed E-state index contributed by atoms with van der Waals surface area (Å²) in [4.78, 5) is 28.1. The molecular weight excluding hydrogens is 1480 g/mol. The van der Waals surface area contributed by atoms with Crippen molar-refractivity contribution < 1.29 is 4.79 Å². The Kier molecular flexibility index (Phi) is 34.1. The molecule has 3 aromatic heterocycles. The number of allylic oxidation sites excluding steroid dienone is 1. The number of hydrogen-bond acceptors (Lipinski definition) is 7. The standard InChI is InChI=1S/C16H24.2C16H20.C15H21N.C15H20O.C13H17NS.C10H12N2.C10H11NS/c3*1-11(2)13-9-10-14(12(3)4)16-8-6-5-7-15(13)16;1-9(2)12-6-7-13(10(3)4)15-14(12)8-11(5)16-15;1-9(2)11-5-6-12(10(3)4)15-13(11)7-8-14(15)16;1-8(2)10-5-6-11(9(3)4)13-12(10)14-7-15-13;2*1-7(2)8-4-3-5-9-10(8)12-6-11-9/h9-12H,5-8H2,1-4H3;2*5-12H,1-4H3;6-7,9-10,16H,5,8H2,1-4H3;5-6,9-10H,7-8H2,1-4H3;5-9H,1-4H3;3-7H,1-2H3,(H,11,12);3-7H,1-2H3. The zero-order chi connectivity index (χ0) is 87.0. The third kappa shape index (κ3) is 23.1. The van der Waals surface area contributed by atoms with Crippen LogP contribution in [0.2, 0.25) is 0 Å². The van der Waals surface area contributed by atoms with Crippen LogP contribution in [0, 0.1) is 0 Å². The van der Waals surface area contributed by atoms with Crippen molar-refractivity contribution in [3.05, 3.63) is 293 Å². The molecule has 2 aliphatic carbocycles. The number of rotatable bonds is 14. The average Bonchev–Trinajstić information content (AvgIpc) is 1.61. The van der Waals surface area contributed by atoms with Crippen molar-refractivity contribution in [3.63, 3.8) is 0 Å². The Morgan fingerprint density at radius 2 is 0.647 bits per heavy atom. The van der Waals surface area contributed by atoms with Gasteiger partial charge in [0, 0.05) is 29.8 Å². The maximum absolute atomic E-state index is 12.0. The Morgan fingerprint density at radius 3 is 1.09 bits per heavy atom. The fourth-order valence-corrected chi connectivity index (χ4v) is 19.5. The highest BCUT2D eigenvalue weighted by atomic mass is 32.1. The molecule has 1 aliphatic heterocycles. The molecule has 8 heteroatoms. The summed E-state index contributed by atoms with van der Waals surface area (Å²) in [5.41, 5.74) is 38.1. The van der Waals surface area contributed by atoms with Gasteiger partial charge in [-0.1, -0.05) is 346 Å². The van der Waals surface area contributed by atoms with E-state index in [2.05, 4.69) is 377 Å². The number of nitrogens with zero attached hydrogens (tertiary/aromatic N) is 3. The lowest BCUT2D eigenvalue weighted by molar-refractivity contribution is 0.0993. The van der Waals surface area contributed by atoms with Crippen LogP contribution in [0.15, 0.2) is 187 Å². The molecule has 0 atom stereocenters. The highest BCUT2D eigenvalue weighted by Crippen LogP contribution is 2.42. The first-order chi connectivity index (χ1) is 56.5. The van der Waals surface area contributed by atoms with Crippen molar-refractivity contribution in [2.45, 2.75) is 322 Å². The molecule has 0 bridgehead atoms. The zero-order valence-electron chi connectivity index (χ0n) is 78.0. The first kappa shape index (κ1) is 94.0. The number of fused-ring (bicyclic) bond motifs is 8. The van der Waals surface area contributed by atoms with Gasteiger partial charge >= 0.3 is 0 Å². The molecule has 0 saturated carbocycles. The number of imidazole rings is 1. The minimum absolute atomic E-state index is 0.348. The Balaban J connectivity index is 0.000000155. The molecule has 0 amide bonds. The number of anilines is 1. The number of para-hydroxylation sites is 1. The molecule has 0 unspecified atom stereocenters. The number of ketones is 1. The molecule has 119 heavy (non-hydrogen) atoms. The molecule has 0 fully saturated rings. The number of aromatic amines is 1. The Labute approximate surface area is 726 Å². The molecule has 16 rings (SSSR count). The van der Waals surface area contributed by atoms with Crippen molar-refractivity contribution in [3.8, 4) is 0 Å². The van der Waals surface area contributed by atoms with Crippen LogP contribution in [0.5, 0.6) is 0 Å². The SMILES string of the molecule is C=C1Cc2c(C(C)C)ccc(C(C)C)c2N1.CC(C)c1ccc(C(C)C)c2c1CCC2=O.CC(C)c1ccc(C(C)C)c2c1CCCC2.CC(C)c1ccc(C(C)C)c2ccccc12.CC(C)c1ccc(C(C)C)c2ccccc12.CC(C)c1ccc(C(C)C)c2scnc12.CC(C)c1cccc2[nH]cnc12.CC(C)c1cccc2ncsc12. The Bertz CT molecular complexity index is 5120. The van der Waals surface area contributed by atoms with Gasteiger partial charge in [0.05, 0.1) is 48.8 Å². The summed E-state index contributed by atoms with van der Waals surface area (Å²) in [6, 6.07) is 57.5. The van der Waals surface area contributed by atoms with Gasteiger partial charge < -0.3 is 10.3 Å². The van der Waals surface area contributed by atoms with E-state index in [4.69, 9.17) is 0 Å². The number of Topliss-reactive ketones (excluding diaryl/α,β-unsaturated/α-hetero) is 1. The number of aromatic nitrogens is 4. The second-order valence-electron chi connectivity index (χ2n) is 37.6. The minimum atomic E-state index is 0.348. The topological polar surface area (TPSA) is 83.6 Å². The number of carbonyl (C=O) groups excluding carboxylic acids is 1. The monoisotopic (exact) mass is 1630 g/mol. The van der Waals surface area contributed by atoms with Gasteiger partial charge in [0.2, 0.25) is 0 Å². The molecule has 4 heterocycles. The molecule has 0 saturated heterocycles. The van der Waals surface area contributed by atoms with E-state index in [0.29, 0.717) is 95.1 Å². The summed E-state index contributed by atoms with van der Waals surface area (Å²) in [7, 11) is 0. The third-order valence-corrected chi connectivity index (χ3v) is 25.8. The maximum Gasteiger partial charge on any atom is 0.163 e. The van der Waals surface area contributed by atoms with Gasteiger partial charge in [0.25, 0.3) is 0 Å². The van der Waals surface area contributed by atoms with E-state index >= 15 is 0 Å². The highest BCUT2D eigenvalue weighted by molar-refractivity contribution is 7.17. The van der Waals surface area contributed by atoms with Gasteiger partial charge in [-0.3, -0.25) is 4.79 Å². The fraction of sp³-hybridized carbons (Fsp3) is 0.441. The van der Waals surface area contributed by atoms with Crippen LogP contribution in [-0.4, -0.2) is 25.7 Å². The van der Waals surface area contributed by atoms with Gasteiger partial charge in [-0.05, 0) is 249 Å². The summed E-state index contributed by atoms with van der Waals surface area (Å²) in [6.07, 6.45) is 9.77. The quantitative estimate of drug-likeness (QED) is 0.113. The number of benzene rings is 10. The van der Waals surface area contributed by atoms with E-state index in [9.17, 15) is 4.79 Å². The number of nitrogens with one attached hydrogen (secondary N) is 2. The third-order valence-electron chi connectivity index (χ3n) is 24.0. The van der Waals surface area contributed by atoms with Crippen molar-refractivity contribution in [2.24, 2.45) is 0 Å². The molecular formula is C111H145N5OS2. The molecule has 10 aromatic carbocycles. The van der Waals surface area contributed by atoms with Crippen molar-refractivity contribution >= 4 is 87.2 Å². The second kappa shape index (κ2) is 43.1. The van der Waals surface area contributed by atoms with Crippen molar-refractivity contribution in [2.75, 3.05) is 5.32 Å².